The van der Waals surface area contributed by atoms with Gasteiger partial charge in [0.25, 0.3) is 5.91 Å². The molecule has 2 aromatic heterocycles. The molecule has 2 rings (SSSR count). The second-order valence-electron chi connectivity index (χ2n) is 3.42. The topological polar surface area (TPSA) is 74.6 Å². The molecule has 19 heavy (non-hydrogen) atoms. The van der Waals surface area contributed by atoms with E-state index in [1.165, 1.54) is 22.7 Å². The van der Waals surface area contributed by atoms with E-state index < -0.39 is 0 Å². The normalized spacial score (nSPS) is 11.6. The first-order valence-electron chi connectivity index (χ1n) is 4.92. The summed E-state index contributed by atoms with van der Waals surface area (Å²) in [4.78, 5) is 16.2. The number of amides is 1. The van der Waals surface area contributed by atoms with Gasteiger partial charge in [0, 0.05) is 5.38 Å². The molecule has 2 aromatic rings. The van der Waals surface area contributed by atoms with Gasteiger partial charge in [0.2, 0.25) is 0 Å². The highest BCUT2D eigenvalue weighted by atomic mass is 79.9. The number of nitrogens with zero attached hydrogens (tertiary/aromatic N) is 2. The van der Waals surface area contributed by atoms with Gasteiger partial charge in [-0.15, -0.1) is 22.7 Å². The van der Waals surface area contributed by atoms with Gasteiger partial charge in [-0.05, 0) is 44.8 Å². The molecule has 0 aliphatic rings. The van der Waals surface area contributed by atoms with E-state index in [9.17, 15) is 4.79 Å². The molecule has 5 nitrogen and oxygen atoms in total. The summed E-state index contributed by atoms with van der Waals surface area (Å²) in [5.41, 5.74) is 1.48. The summed E-state index contributed by atoms with van der Waals surface area (Å²) < 4.78 is 1.62. The van der Waals surface area contributed by atoms with Crippen LogP contribution in [0.25, 0.3) is 0 Å². The maximum atomic E-state index is 12.0. The molecule has 0 atom stereocenters. The number of carbonyl (C=O) groups excluding carboxylic acids is 1. The van der Waals surface area contributed by atoms with E-state index >= 15 is 0 Å². The lowest BCUT2D eigenvalue weighted by molar-refractivity contribution is 0.102. The molecular formula is C10H7Br2N3O2S2. The van der Waals surface area contributed by atoms with Gasteiger partial charge in [0.15, 0.2) is 5.13 Å². The average Bonchev–Trinajstić information content (AvgIpc) is 2.95. The second kappa shape index (κ2) is 6.12. The number of aromatic nitrogens is 1. The molecule has 0 aliphatic heterocycles. The minimum absolute atomic E-state index is 0.242. The maximum Gasteiger partial charge on any atom is 0.259 e. The number of nitrogens with one attached hydrogen (secondary N) is 1. The minimum Gasteiger partial charge on any atom is -0.411 e. The van der Waals surface area contributed by atoms with Crippen LogP contribution in [0.1, 0.15) is 23.0 Å². The Balaban J connectivity index is 2.15. The van der Waals surface area contributed by atoms with Gasteiger partial charge in [-0.1, -0.05) is 5.16 Å². The van der Waals surface area contributed by atoms with Crippen molar-refractivity contribution in [2.45, 2.75) is 6.92 Å². The molecule has 100 valence electrons. The van der Waals surface area contributed by atoms with Crippen molar-refractivity contribution in [3.8, 4) is 0 Å². The summed E-state index contributed by atoms with van der Waals surface area (Å²) in [6.07, 6.45) is 0. The van der Waals surface area contributed by atoms with Crippen LogP contribution >= 0.6 is 54.5 Å². The Hall–Kier alpha value is -0.770. The zero-order valence-electron chi connectivity index (χ0n) is 9.48. The van der Waals surface area contributed by atoms with Crippen molar-refractivity contribution in [3.05, 3.63) is 30.3 Å². The molecule has 1 amide bonds. The molecule has 2 N–H and O–H groups in total. The van der Waals surface area contributed by atoms with E-state index in [0.29, 0.717) is 22.1 Å². The largest absolute Gasteiger partial charge is 0.411 e. The van der Waals surface area contributed by atoms with E-state index in [1.54, 1.807) is 18.4 Å². The summed E-state index contributed by atoms with van der Waals surface area (Å²) in [7, 11) is 0. The molecule has 9 heteroatoms. The number of halogens is 2. The first-order valence-corrected chi connectivity index (χ1v) is 8.20. The van der Waals surface area contributed by atoms with Crippen LogP contribution in [0.2, 0.25) is 0 Å². The smallest absolute Gasteiger partial charge is 0.259 e. The molecule has 2 heterocycles. The molecule has 0 aromatic carbocycles. The lowest BCUT2D eigenvalue weighted by Crippen LogP contribution is -2.11. The fourth-order valence-corrected chi connectivity index (χ4v) is 4.75. The van der Waals surface area contributed by atoms with Crippen molar-refractivity contribution < 1.29 is 10.0 Å². The molecule has 0 saturated carbocycles. The van der Waals surface area contributed by atoms with E-state index in [2.05, 4.69) is 47.3 Å². The average molecular weight is 425 g/mol. The van der Waals surface area contributed by atoms with Crippen LogP contribution in [0.4, 0.5) is 5.13 Å². The highest BCUT2D eigenvalue weighted by Crippen LogP contribution is 2.32. The number of hydrogen-bond acceptors (Lipinski definition) is 6. The molecule has 0 aliphatic carbocycles. The van der Waals surface area contributed by atoms with Gasteiger partial charge in [0.1, 0.15) is 11.4 Å². The summed E-state index contributed by atoms with van der Waals surface area (Å²) in [6, 6.07) is 1.74. The molecule has 0 radical (unpaired) electrons. The predicted octanol–water partition coefficient (Wildman–Crippen LogP) is 4.18. The van der Waals surface area contributed by atoms with Gasteiger partial charge in [-0.25, -0.2) is 4.98 Å². The van der Waals surface area contributed by atoms with E-state index in [4.69, 9.17) is 5.21 Å². The van der Waals surface area contributed by atoms with Gasteiger partial charge in [-0.3, -0.25) is 10.1 Å². The minimum atomic E-state index is -0.242. The van der Waals surface area contributed by atoms with Crippen molar-refractivity contribution in [2.24, 2.45) is 5.16 Å². The molecular weight excluding hydrogens is 418 g/mol. The number of anilines is 1. The van der Waals surface area contributed by atoms with Crippen LogP contribution in [-0.4, -0.2) is 21.8 Å². The number of oxime groups is 1. The van der Waals surface area contributed by atoms with Crippen molar-refractivity contribution >= 4 is 71.3 Å². The van der Waals surface area contributed by atoms with Gasteiger partial charge >= 0.3 is 0 Å². The Labute approximate surface area is 133 Å². The summed E-state index contributed by atoms with van der Waals surface area (Å²) in [6.45, 7) is 1.63. The Morgan fingerprint density at radius 2 is 2.26 bits per heavy atom. The van der Waals surface area contributed by atoms with Gasteiger partial charge in [-0.2, -0.15) is 0 Å². The van der Waals surface area contributed by atoms with Gasteiger partial charge < -0.3 is 5.21 Å². The Kier molecular flexibility index (Phi) is 4.71. The zero-order valence-corrected chi connectivity index (χ0v) is 14.3. The lowest BCUT2D eigenvalue weighted by Gasteiger charge is -1.99. The highest BCUT2D eigenvalue weighted by Gasteiger charge is 2.15. The van der Waals surface area contributed by atoms with Gasteiger partial charge in [0.05, 0.1) is 13.1 Å². The molecule has 0 spiro atoms. The van der Waals surface area contributed by atoms with Crippen molar-refractivity contribution in [1.82, 2.24) is 4.98 Å². The van der Waals surface area contributed by atoms with Crippen LogP contribution in [0, 0.1) is 0 Å². The number of hydrogen-bond donors (Lipinski definition) is 2. The maximum absolute atomic E-state index is 12.0. The first kappa shape index (κ1) is 14.6. The Bertz CT molecular complexity index is 651. The summed E-state index contributed by atoms with van der Waals surface area (Å²) >= 11 is 9.35. The third-order valence-electron chi connectivity index (χ3n) is 2.15. The first-order chi connectivity index (χ1) is 9.01. The zero-order chi connectivity index (χ0) is 14.0. The second-order valence-corrected chi connectivity index (χ2v) is 8.02. The standard InChI is InChI=1S/C10H7Br2N3O2S2/c1-4(15-17)6-3-18-10(13-6)14-9(16)5-2-7(11)19-8(5)12/h2-3,17H,1H3,(H,13,14,16)/b15-4-. The fourth-order valence-electron chi connectivity index (χ4n) is 1.21. The van der Waals surface area contributed by atoms with Crippen LogP contribution in [0.15, 0.2) is 24.2 Å². The number of carbonyl (C=O) groups is 1. The molecule has 0 unspecified atom stereocenters. The Morgan fingerprint density at radius 3 is 2.84 bits per heavy atom. The fraction of sp³-hybridized carbons (Fsp3) is 0.100. The van der Waals surface area contributed by atoms with Crippen LogP contribution < -0.4 is 5.32 Å². The van der Waals surface area contributed by atoms with Crippen LogP contribution in [-0.2, 0) is 0 Å². The molecule has 0 bridgehead atoms. The number of thiazole rings is 1. The predicted molar refractivity (Wildman–Crippen MR) is 83.8 cm³/mol. The summed E-state index contributed by atoms with van der Waals surface area (Å²) in [5, 5.41) is 16.6. The van der Waals surface area contributed by atoms with Crippen molar-refractivity contribution in [3.63, 3.8) is 0 Å². The molecule has 0 fully saturated rings. The van der Waals surface area contributed by atoms with E-state index in [0.717, 1.165) is 7.57 Å². The van der Waals surface area contributed by atoms with Crippen molar-refractivity contribution in [2.75, 3.05) is 5.32 Å². The lowest BCUT2D eigenvalue weighted by atomic mass is 10.3. The van der Waals surface area contributed by atoms with Crippen LogP contribution in [0.5, 0.6) is 0 Å². The van der Waals surface area contributed by atoms with E-state index in [1.807, 2.05) is 0 Å². The third kappa shape index (κ3) is 3.41. The summed E-state index contributed by atoms with van der Waals surface area (Å²) in [5.74, 6) is -0.242. The monoisotopic (exact) mass is 423 g/mol. The SMILES string of the molecule is C/C(=N/O)c1csc(NC(=O)c2cc(Br)sc2Br)n1. The molecule has 0 saturated heterocycles. The highest BCUT2D eigenvalue weighted by molar-refractivity contribution is 9.12. The quantitative estimate of drug-likeness (QED) is 0.440. The number of thiophene rings is 1. The number of rotatable bonds is 3. The Morgan fingerprint density at radius 1 is 1.53 bits per heavy atom. The van der Waals surface area contributed by atoms with E-state index in [-0.39, 0.29) is 5.91 Å². The third-order valence-corrected chi connectivity index (χ3v) is 5.24. The van der Waals surface area contributed by atoms with Crippen molar-refractivity contribution in [1.29, 1.82) is 0 Å². The van der Waals surface area contributed by atoms with Crippen LogP contribution in [0.3, 0.4) is 0 Å².